The van der Waals surface area contributed by atoms with Gasteiger partial charge >= 0.3 is 0 Å². The molecule has 0 bridgehead atoms. The standard InChI is InChI=1S/C14H20FNO/c1-9-6-7-11-12(4-3-5-13(11)15)14(9)16-10(2)8-17/h3-5,9-10,14,16-17H,6-8H2,1-2H3/t9?,10-,14?/m1/s1. The van der Waals surface area contributed by atoms with Gasteiger partial charge in [0.05, 0.1) is 6.61 Å². The van der Waals surface area contributed by atoms with Crippen LogP contribution in [0.3, 0.4) is 0 Å². The minimum absolute atomic E-state index is 0.0386. The smallest absolute Gasteiger partial charge is 0.126 e. The third-order valence-electron chi connectivity index (χ3n) is 3.65. The molecule has 1 aliphatic rings. The SMILES string of the molecule is CC1CCc2c(F)cccc2C1N[C@H](C)CO. The molecule has 0 heterocycles. The van der Waals surface area contributed by atoms with Gasteiger partial charge in [-0.05, 0) is 42.9 Å². The minimum Gasteiger partial charge on any atom is -0.395 e. The monoisotopic (exact) mass is 237 g/mol. The fourth-order valence-electron chi connectivity index (χ4n) is 2.59. The summed E-state index contributed by atoms with van der Waals surface area (Å²) in [6.45, 7) is 4.23. The second-order valence-electron chi connectivity index (χ2n) is 5.05. The van der Waals surface area contributed by atoms with Crippen LogP contribution in [0.2, 0.25) is 0 Å². The molecule has 3 atom stereocenters. The largest absolute Gasteiger partial charge is 0.395 e. The summed E-state index contributed by atoms with van der Waals surface area (Å²) in [5.41, 5.74) is 1.90. The molecule has 3 heteroatoms. The van der Waals surface area contributed by atoms with Gasteiger partial charge in [-0.15, -0.1) is 0 Å². The van der Waals surface area contributed by atoms with Gasteiger partial charge in [-0.3, -0.25) is 0 Å². The van der Waals surface area contributed by atoms with Crippen molar-refractivity contribution in [3.05, 3.63) is 35.1 Å². The molecular formula is C14H20FNO. The van der Waals surface area contributed by atoms with Crippen molar-refractivity contribution in [2.75, 3.05) is 6.61 Å². The number of fused-ring (bicyclic) bond motifs is 1. The summed E-state index contributed by atoms with van der Waals surface area (Å²) in [4.78, 5) is 0. The summed E-state index contributed by atoms with van der Waals surface area (Å²) < 4.78 is 13.7. The molecule has 0 radical (unpaired) electrons. The van der Waals surface area contributed by atoms with E-state index in [1.165, 1.54) is 6.07 Å². The summed E-state index contributed by atoms with van der Waals surface area (Å²) in [6, 6.07) is 5.48. The van der Waals surface area contributed by atoms with Crippen molar-refractivity contribution < 1.29 is 9.50 Å². The molecule has 2 rings (SSSR count). The Bertz CT molecular complexity index is 394. The Kier molecular flexibility index (Phi) is 3.79. The van der Waals surface area contributed by atoms with Gasteiger partial charge < -0.3 is 10.4 Å². The lowest BCUT2D eigenvalue weighted by molar-refractivity contribution is 0.220. The second kappa shape index (κ2) is 5.15. The Morgan fingerprint density at radius 3 is 3.00 bits per heavy atom. The summed E-state index contributed by atoms with van der Waals surface area (Å²) in [5.74, 6) is 0.371. The molecule has 94 valence electrons. The van der Waals surface area contributed by atoms with Gasteiger partial charge in [0.1, 0.15) is 5.82 Å². The Labute approximate surface area is 102 Å². The maximum Gasteiger partial charge on any atom is 0.126 e. The van der Waals surface area contributed by atoms with Crippen LogP contribution in [0.4, 0.5) is 4.39 Å². The van der Waals surface area contributed by atoms with E-state index in [0.29, 0.717) is 5.92 Å². The Hall–Kier alpha value is -0.930. The highest BCUT2D eigenvalue weighted by molar-refractivity contribution is 5.34. The molecule has 1 aromatic carbocycles. The van der Waals surface area contributed by atoms with Crippen LogP contribution in [-0.4, -0.2) is 17.8 Å². The van der Waals surface area contributed by atoms with Gasteiger partial charge in [-0.1, -0.05) is 19.1 Å². The summed E-state index contributed by atoms with van der Waals surface area (Å²) in [7, 11) is 0. The summed E-state index contributed by atoms with van der Waals surface area (Å²) in [6.07, 6.45) is 1.80. The molecule has 0 fully saturated rings. The third kappa shape index (κ3) is 2.50. The van der Waals surface area contributed by atoms with Crippen LogP contribution in [0.15, 0.2) is 18.2 Å². The number of hydrogen-bond donors (Lipinski definition) is 2. The molecule has 2 unspecified atom stereocenters. The van der Waals surface area contributed by atoms with Gasteiger partial charge in [0, 0.05) is 12.1 Å². The summed E-state index contributed by atoms with van der Waals surface area (Å²) in [5, 5.41) is 12.5. The van der Waals surface area contributed by atoms with E-state index in [2.05, 4.69) is 12.2 Å². The molecule has 17 heavy (non-hydrogen) atoms. The molecule has 0 aliphatic heterocycles. The molecule has 0 spiro atoms. The first kappa shape index (κ1) is 12.5. The quantitative estimate of drug-likeness (QED) is 0.846. The maximum atomic E-state index is 13.7. The predicted molar refractivity (Wildman–Crippen MR) is 66.3 cm³/mol. The molecule has 0 saturated carbocycles. The van der Waals surface area contributed by atoms with Crippen LogP contribution in [0.1, 0.15) is 37.4 Å². The van der Waals surface area contributed by atoms with Gasteiger partial charge in [0.2, 0.25) is 0 Å². The highest BCUT2D eigenvalue weighted by atomic mass is 19.1. The van der Waals surface area contributed by atoms with E-state index < -0.39 is 0 Å². The van der Waals surface area contributed by atoms with Crippen molar-refractivity contribution in [1.82, 2.24) is 5.32 Å². The van der Waals surface area contributed by atoms with E-state index in [9.17, 15) is 4.39 Å². The van der Waals surface area contributed by atoms with E-state index in [1.807, 2.05) is 13.0 Å². The number of hydrogen-bond acceptors (Lipinski definition) is 2. The van der Waals surface area contributed by atoms with Crippen LogP contribution < -0.4 is 5.32 Å². The van der Waals surface area contributed by atoms with Gasteiger partial charge in [-0.2, -0.15) is 0 Å². The molecule has 0 aromatic heterocycles. The maximum absolute atomic E-state index is 13.7. The summed E-state index contributed by atoms with van der Waals surface area (Å²) >= 11 is 0. The number of halogens is 1. The Balaban J connectivity index is 2.30. The average molecular weight is 237 g/mol. The van der Waals surface area contributed by atoms with Gasteiger partial charge in [-0.25, -0.2) is 4.39 Å². The van der Waals surface area contributed by atoms with Crippen LogP contribution >= 0.6 is 0 Å². The lowest BCUT2D eigenvalue weighted by atomic mass is 9.80. The number of aliphatic hydroxyl groups is 1. The second-order valence-corrected chi connectivity index (χ2v) is 5.05. The average Bonchev–Trinajstić information content (AvgIpc) is 2.33. The van der Waals surface area contributed by atoms with Gasteiger partial charge in [0.15, 0.2) is 0 Å². The van der Waals surface area contributed by atoms with E-state index in [4.69, 9.17) is 5.11 Å². The third-order valence-corrected chi connectivity index (χ3v) is 3.65. The minimum atomic E-state index is -0.0992. The first-order valence-corrected chi connectivity index (χ1v) is 6.27. The molecule has 0 amide bonds. The Morgan fingerprint density at radius 1 is 1.53 bits per heavy atom. The highest BCUT2D eigenvalue weighted by Gasteiger charge is 2.28. The number of benzene rings is 1. The topological polar surface area (TPSA) is 32.3 Å². The van der Waals surface area contributed by atoms with Crippen LogP contribution in [0, 0.1) is 11.7 Å². The first-order chi connectivity index (χ1) is 8.13. The van der Waals surface area contributed by atoms with Crippen molar-refractivity contribution in [2.24, 2.45) is 5.92 Å². The van der Waals surface area contributed by atoms with Crippen molar-refractivity contribution in [3.8, 4) is 0 Å². The van der Waals surface area contributed by atoms with Crippen molar-refractivity contribution in [1.29, 1.82) is 0 Å². The number of aliphatic hydroxyl groups excluding tert-OH is 1. The fourth-order valence-corrected chi connectivity index (χ4v) is 2.59. The molecule has 0 saturated heterocycles. The highest BCUT2D eigenvalue weighted by Crippen LogP contribution is 2.35. The van der Waals surface area contributed by atoms with Gasteiger partial charge in [0.25, 0.3) is 0 Å². The van der Waals surface area contributed by atoms with Crippen molar-refractivity contribution in [3.63, 3.8) is 0 Å². The normalized spacial score (nSPS) is 25.4. The number of nitrogens with one attached hydrogen (secondary N) is 1. The lowest BCUT2D eigenvalue weighted by Crippen LogP contribution is -2.38. The zero-order valence-corrected chi connectivity index (χ0v) is 10.4. The molecule has 1 aromatic rings. The number of rotatable bonds is 3. The Morgan fingerprint density at radius 2 is 2.29 bits per heavy atom. The van der Waals surface area contributed by atoms with E-state index in [1.54, 1.807) is 6.07 Å². The van der Waals surface area contributed by atoms with E-state index >= 15 is 0 Å². The predicted octanol–water partition coefficient (Wildman–Crippen LogP) is 2.42. The van der Waals surface area contributed by atoms with E-state index in [0.717, 1.165) is 24.0 Å². The molecule has 2 N–H and O–H groups in total. The zero-order chi connectivity index (χ0) is 12.4. The van der Waals surface area contributed by atoms with Crippen molar-refractivity contribution >= 4 is 0 Å². The van der Waals surface area contributed by atoms with E-state index in [-0.39, 0.29) is 24.5 Å². The van der Waals surface area contributed by atoms with Crippen molar-refractivity contribution in [2.45, 2.75) is 38.8 Å². The zero-order valence-electron chi connectivity index (χ0n) is 10.4. The molecule has 1 aliphatic carbocycles. The van der Waals surface area contributed by atoms with Crippen LogP contribution in [0.25, 0.3) is 0 Å². The molecular weight excluding hydrogens is 217 g/mol. The fraction of sp³-hybridized carbons (Fsp3) is 0.571. The first-order valence-electron chi connectivity index (χ1n) is 6.27. The lowest BCUT2D eigenvalue weighted by Gasteiger charge is -2.34. The molecule has 2 nitrogen and oxygen atoms in total. The van der Waals surface area contributed by atoms with Crippen LogP contribution in [0.5, 0.6) is 0 Å². The van der Waals surface area contributed by atoms with Crippen LogP contribution in [-0.2, 0) is 6.42 Å².